The predicted octanol–water partition coefficient (Wildman–Crippen LogP) is 4.90. The lowest BCUT2D eigenvalue weighted by atomic mass is 10.0. The third-order valence-corrected chi connectivity index (χ3v) is 7.39. The van der Waals surface area contributed by atoms with Gasteiger partial charge in [0, 0.05) is 60.7 Å². The number of imidazole rings is 1. The quantitative estimate of drug-likeness (QED) is 0.403. The third-order valence-electron chi connectivity index (χ3n) is 7.39. The molecule has 1 aliphatic heterocycles. The van der Waals surface area contributed by atoms with Crippen LogP contribution >= 0.6 is 0 Å². The SMILES string of the molecule is O=C(C1CC1)N1CCC(Cn2c(-c3ccc(-c4cnc5[nH]ccc5c4)cc3)nc3cnccc32)C1. The van der Waals surface area contributed by atoms with Crippen molar-refractivity contribution in [3.8, 4) is 22.5 Å². The van der Waals surface area contributed by atoms with E-state index in [4.69, 9.17) is 4.98 Å². The van der Waals surface area contributed by atoms with Crippen LogP contribution in [-0.2, 0) is 11.3 Å². The minimum absolute atomic E-state index is 0.288. The van der Waals surface area contributed by atoms with Gasteiger partial charge in [0.25, 0.3) is 0 Å². The normalized spacial score (nSPS) is 18.1. The molecule has 1 saturated heterocycles. The van der Waals surface area contributed by atoms with Gasteiger partial charge in [-0.15, -0.1) is 0 Å². The monoisotopic (exact) mass is 462 g/mol. The van der Waals surface area contributed by atoms with Gasteiger partial charge in [0.1, 0.15) is 17.0 Å². The van der Waals surface area contributed by atoms with Gasteiger partial charge in [-0.3, -0.25) is 9.78 Å². The Balaban J connectivity index is 1.19. The Morgan fingerprint density at radius 3 is 2.71 bits per heavy atom. The molecule has 7 rings (SSSR count). The van der Waals surface area contributed by atoms with E-state index >= 15 is 0 Å². The van der Waals surface area contributed by atoms with Crippen LogP contribution in [0.2, 0.25) is 0 Å². The summed E-state index contributed by atoms with van der Waals surface area (Å²) in [6.07, 6.45) is 10.6. The van der Waals surface area contributed by atoms with Crippen LogP contribution in [0.3, 0.4) is 0 Å². The van der Waals surface area contributed by atoms with Crippen molar-refractivity contribution >= 4 is 28.0 Å². The number of pyridine rings is 2. The largest absolute Gasteiger partial charge is 0.346 e. The molecule has 1 N–H and O–H groups in total. The molecule has 1 aliphatic carbocycles. The van der Waals surface area contributed by atoms with Crippen LogP contribution < -0.4 is 0 Å². The fourth-order valence-corrected chi connectivity index (χ4v) is 5.32. The molecule has 5 heterocycles. The van der Waals surface area contributed by atoms with E-state index in [0.717, 1.165) is 83.5 Å². The van der Waals surface area contributed by atoms with Gasteiger partial charge < -0.3 is 14.5 Å². The molecule has 1 unspecified atom stereocenters. The summed E-state index contributed by atoms with van der Waals surface area (Å²) in [6.45, 7) is 2.56. The minimum atomic E-state index is 0.288. The van der Waals surface area contributed by atoms with Crippen molar-refractivity contribution in [3.63, 3.8) is 0 Å². The van der Waals surface area contributed by atoms with E-state index in [1.54, 1.807) is 0 Å². The van der Waals surface area contributed by atoms with E-state index in [-0.39, 0.29) is 5.92 Å². The molecule has 174 valence electrons. The van der Waals surface area contributed by atoms with E-state index in [1.807, 2.05) is 36.9 Å². The van der Waals surface area contributed by atoms with Crippen LogP contribution in [0.4, 0.5) is 0 Å². The number of hydrogen-bond acceptors (Lipinski definition) is 4. The maximum atomic E-state index is 12.6. The van der Waals surface area contributed by atoms with Gasteiger partial charge >= 0.3 is 0 Å². The van der Waals surface area contributed by atoms with Gasteiger partial charge in [-0.1, -0.05) is 24.3 Å². The van der Waals surface area contributed by atoms with Gasteiger partial charge in [-0.05, 0) is 48.9 Å². The first-order chi connectivity index (χ1) is 17.2. The molecule has 5 aromatic rings. The van der Waals surface area contributed by atoms with E-state index in [1.165, 1.54) is 0 Å². The Morgan fingerprint density at radius 2 is 1.86 bits per heavy atom. The number of carbonyl (C=O) groups excluding carboxylic acids is 1. The van der Waals surface area contributed by atoms with Crippen molar-refractivity contribution in [2.45, 2.75) is 25.8 Å². The smallest absolute Gasteiger partial charge is 0.225 e. The molecule has 1 saturated carbocycles. The zero-order valence-electron chi connectivity index (χ0n) is 19.4. The average molecular weight is 463 g/mol. The Hall–Kier alpha value is -4.00. The van der Waals surface area contributed by atoms with Crippen LogP contribution in [0.15, 0.2) is 67.3 Å². The first kappa shape index (κ1) is 20.4. The molecule has 1 atom stereocenters. The summed E-state index contributed by atoms with van der Waals surface area (Å²) in [5.74, 6) is 2.03. The summed E-state index contributed by atoms with van der Waals surface area (Å²) in [5, 5.41) is 1.10. The lowest BCUT2D eigenvalue weighted by Crippen LogP contribution is -2.30. The highest BCUT2D eigenvalue weighted by molar-refractivity contribution is 5.83. The number of aromatic nitrogens is 5. The Bertz CT molecular complexity index is 1550. The molecule has 1 amide bonds. The number of likely N-dealkylation sites (tertiary alicyclic amines) is 1. The molecule has 35 heavy (non-hydrogen) atoms. The molecular formula is C28H26N6O. The lowest BCUT2D eigenvalue weighted by Gasteiger charge is -2.18. The second kappa shape index (κ2) is 8.05. The topological polar surface area (TPSA) is 79.7 Å². The zero-order chi connectivity index (χ0) is 23.4. The van der Waals surface area contributed by atoms with Crippen molar-refractivity contribution in [1.82, 2.24) is 29.4 Å². The first-order valence-corrected chi connectivity index (χ1v) is 12.4. The summed E-state index contributed by atoms with van der Waals surface area (Å²) in [7, 11) is 0. The Labute approximate surface area is 202 Å². The molecule has 7 nitrogen and oxygen atoms in total. The molecular weight excluding hydrogens is 436 g/mol. The number of rotatable bonds is 5. The number of nitrogens with zero attached hydrogens (tertiary/aromatic N) is 5. The van der Waals surface area contributed by atoms with Crippen molar-refractivity contribution in [3.05, 3.63) is 67.3 Å². The summed E-state index contributed by atoms with van der Waals surface area (Å²) in [4.78, 5) is 31.5. The zero-order valence-corrected chi connectivity index (χ0v) is 19.4. The Morgan fingerprint density at radius 1 is 1.00 bits per heavy atom. The maximum absolute atomic E-state index is 12.6. The molecule has 2 fully saturated rings. The number of carbonyl (C=O) groups is 1. The van der Waals surface area contributed by atoms with E-state index in [9.17, 15) is 4.79 Å². The fraction of sp³-hybridized carbons (Fsp3) is 0.286. The van der Waals surface area contributed by atoms with E-state index < -0.39 is 0 Å². The summed E-state index contributed by atoms with van der Waals surface area (Å²) in [5.41, 5.74) is 6.18. The second-order valence-electron chi connectivity index (χ2n) is 9.84. The predicted molar refractivity (Wildman–Crippen MR) is 135 cm³/mol. The van der Waals surface area contributed by atoms with Crippen LogP contribution in [-0.4, -0.2) is 48.4 Å². The van der Waals surface area contributed by atoms with Crippen molar-refractivity contribution in [1.29, 1.82) is 0 Å². The van der Waals surface area contributed by atoms with Gasteiger partial charge in [0.05, 0.1) is 11.7 Å². The number of benzene rings is 1. The maximum Gasteiger partial charge on any atom is 0.225 e. The number of nitrogens with one attached hydrogen (secondary N) is 1. The summed E-state index contributed by atoms with van der Waals surface area (Å²) in [6, 6.07) is 14.8. The average Bonchev–Trinajstić information content (AvgIpc) is 3.30. The van der Waals surface area contributed by atoms with Crippen LogP contribution in [0.25, 0.3) is 44.6 Å². The molecule has 4 aromatic heterocycles. The summed E-state index contributed by atoms with van der Waals surface area (Å²) >= 11 is 0. The number of H-pyrrole nitrogens is 1. The third kappa shape index (κ3) is 3.67. The fourth-order valence-electron chi connectivity index (χ4n) is 5.32. The first-order valence-electron chi connectivity index (χ1n) is 12.4. The highest BCUT2D eigenvalue weighted by Crippen LogP contribution is 2.34. The van der Waals surface area contributed by atoms with Crippen LogP contribution in [0.1, 0.15) is 19.3 Å². The molecule has 1 aromatic carbocycles. The van der Waals surface area contributed by atoms with Crippen LogP contribution in [0, 0.1) is 11.8 Å². The minimum Gasteiger partial charge on any atom is -0.346 e. The lowest BCUT2D eigenvalue weighted by molar-refractivity contribution is -0.131. The Kier molecular flexibility index (Phi) is 4.68. The van der Waals surface area contributed by atoms with Crippen LogP contribution in [0.5, 0.6) is 0 Å². The van der Waals surface area contributed by atoms with Gasteiger partial charge in [-0.2, -0.15) is 0 Å². The van der Waals surface area contributed by atoms with Crippen molar-refractivity contribution in [2.75, 3.05) is 13.1 Å². The molecule has 0 bridgehead atoms. The van der Waals surface area contributed by atoms with Gasteiger partial charge in [0.15, 0.2) is 0 Å². The van der Waals surface area contributed by atoms with E-state index in [0.29, 0.717) is 11.8 Å². The summed E-state index contributed by atoms with van der Waals surface area (Å²) < 4.78 is 2.31. The van der Waals surface area contributed by atoms with Crippen molar-refractivity contribution in [2.24, 2.45) is 11.8 Å². The molecule has 2 aliphatic rings. The van der Waals surface area contributed by atoms with E-state index in [2.05, 4.69) is 54.8 Å². The second-order valence-corrected chi connectivity index (χ2v) is 9.84. The highest BCUT2D eigenvalue weighted by Gasteiger charge is 2.36. The number of fused-ring (bicyclic) bond motifs is 2. The standard InChI is InChI=1S/C28H26N6O/c35-28(21-5-6-21)33-12-9-18(16-33)17-34-25-8-10-29-15-24(25)32-27(34)20-3-1-19(2-4-20)23-13-22-7-11-30-26(22)31-14-23/h1-4,7-8,10-11,13-15,18,21H,5-6,9,12,16-17H2,(H,30,31). The van der Waals surface area contributed by atoms with Crippen molar-refractivity contribution < 1.29 is 4.79 Å². The molecule has 0 radical (unpaired) electrons. The number of amides is 1. The van der Waals surface area contributed by atoms with Gasteiger partial charge in [0.2, 0.25) is 5.91 Å². The van der Waals surface area contributed by atoms with Gasteiger partial charge in [-0.25, -0.2) is 9.97 Å². The highest BCUT2D eigenvalue weighted by atomic mass is 16.2. The molecule has 0 spiro atoms. The number of aromatic amines is 1. The molecule has 7 heteroatoms. The number of hydrogen-bond donors (Lipinski definition) is 1.